The second-order valence-electron chi connectivity index (χ2n) is 4.71. The normalized spacial score (nSPS) is 12.2. The summed E-state index contributed by atoms with van der Waals surface area (Å²) in [6.45, 7) is 0. The second-order valence-corrected chi connectivity index (χ2v) is 4.71. The summed E-state index contributed by atoms with van der Waals surface area (Å²) in [4.78, 5) is 0. The summed E-state index contributed by atoms with van der Waals surface area (Å²) < 4.78 is 18.5. The van der Waals surface area contributed by atoms with Gasteiger partial charge in [0.1, 0.15) is 11.6 Å². The highest BCUT2D eigenvalue weighted by Crippen LogP contribution is 2.20. The van der Waals surface area contributed by atoms with Crippen molar-refractivity contribution in [2.24, 2.45) is 5.84 Å². The van der Waals surface area contributed by atoms with Gasteiger partial charge in [0.05, 0.1) is 7.11 Å². The third-order valence-corrected chi connectivity index (χ3v) is 3.27. The fourth-order valence-corrected chi connectivity index (χ4v) is 2.28. The lowest BCUT2D eigenvalue weighted by atomic mass is 9.99. The maximum Gasteiger partial charge on any atom is 0.123 e. The van der Waals surface area contributed by atoms with Crippen LogP contribution < -0.4 is 16.0 Å². The number of hydrazine groups is 1. The van der Waals surface area contributed by atoms with E-state index in [-0.39, 0.29) is 11.9 Å². The van der Waals surface area contributed by atoms with Crippen LogP contribution in [0.15, 0.2) is 48.5 Å². The Bertz CT molecular complexity index is 560. The van der Waals surface area contributed by atoms with Crippen molar-refractivity contribution in [1.82, 2.24) is 5.43 Å². The van der Waals surface area contributed by atoms with Crippen molar-refractivity contribution in [1.29, 1.82) is 0 Å². The number of ether oxygens (including phenoxy) is 1. The van der Waals surface area contributed by atoms with Gasteiger partial charge in [0.25, 0.3) is 0 Å². The van der Waals surface area contributed by atoms with Gasteiger partial charge in [0.15, 0.2) is 0 Å². The highest BCUT2D eigenvalue weighted by molar-refractivity contribution is 5.34. The molecule has 1 unspecified atom stereocenters. The third kappa shape index (κ3) is 3.79. The van der Waals surface area contributed by atoms with E-state index in [0.717, 1.165) is 23.3 Å². The van der Waals surface area contributed by atoms with Gasteiger partial charge in [-0.1, -0.05) is 30.3 Å². The summed E-state index contributed by atoms with van der Waals surface area (Å²) in [5, 5.41) is 0. The molecule has 2 aromatic carbocycles. The number of rotatable bonds is 6. The molecule has 2 aromatic rings. The number of para-hydroxylation sites is 1. The van der Waals surface area contributed by atoms with E-state index in [1.165, 1.54) is 12.1 Å². The zero-order chi connectivity index (χ0) is 14.4. The standard InChI is InChI=1S/C16H19FN2O/c1-20-16-8-3-2-6-13(16)11-15(19-18)10-12-5-4-7-14(17)9-12/h2-9,15,19H,10-11,18H2,1H3. The van der Waals surface area contributed by atoms with Crippen LogP contribution in [-0.4, -0.2) is 13.2 Å². The van der Waals surface area contributed by atoms with Gasteiger partial charge in [-0.15, -0.1) is 0 Å². The third-order valence-electron chi connectivity index (χ3n) is 3.27. The monoisotopic (exact) mass is 274 g/mol. The minimum atomic E-state index is -0.226. The summed E-state index contributed by atoms with van der Waals surface area (Å²) in [5.74, 6) is 6.23. The first-order chi connectivity index (χ1) is 9.72. The zero-order valence-electron chi connectivity index (χ0n) is 11.5. The summed E-state index contributed by atoms with van der Waals surface area (Å²) in [6.07, 6.45) is 1.38. The molecule has 3 N–H and O–H groups in total. The van der Waals surface area contributed by atoms with E-state index >= 15 is 0 Å². The van der Waals surface area contributed by atoms with Crippen molar-refractivity contribution in [3.63, 3.8) is 0 Å². The summed E-state index contributed by atoms with van der Waals surface area (Å²) in [5.41, 5.74) is 4.79. The quantitative estimate of drug-likeness (QED) is 0.628. The van der Waals surface area contributed by atoms with Crippen molar-refractivity contribution in [3.05, 3.63) is 65.5 Å². The van der Waals surface area contributed by atoms with Gasteiger partial charge in [-0.2, -0.15) is 0 Å². The smallest absolute Gasteiger partial charge is 0.123 e. The molecule has 0 aliphatic heterocycles. The Morgan fingerprint density at radius 3 is 2.65 bits per heavy atom. The van der Waals surface area contributed by atoms with Crippen LogP contribution in [-0.2, 0) is 12.8 Å². The van der Waals surface area contributed by atoms with Crippen molar-refractivity contribution in [3.8, 4) is 5.75 Å². The highest BCUT2D eigenvalue weighted by Gasteiger charge is 2.12. The SMILES string of the molecule is COc1ccccc1CC(Cc1cccc(F)c1)NN. The molecule has 0 heterocycles. The van der Waals surface area contributed by atoms with Crippen molar-refractivity contribution < 1.29 is 9.13 Å². The molecule has 0 aliphatic rings. The molecule has 0 aromatic heterocycles. The number of hydrogen-bond acceptors (Lipinski definition) is 3. The van der Waals surface area contributed by atoms with E-state index in [1.807, 2.05) is 30.3 Å². The number of methoxy groups -OCH3 is 1. The lowest BCUT2D eigenvalue weighted by Crippen LogP contribution is -2.38. The molecule has 0 saturated heterocycles. The van der Waals surface area contributed by atoms with Crippen LogP contribution in [0.25, 0.3) is 0 Å². The predicted molar refractivity (Wildman–Crippen MR) is 77.9 cm³/mol. The van der Waals surface area contributed by atoms with Crippen LogP contribution in [0.2, 0.25) is 0 Å². The van der Waals surface area contributed by atoms with Gasteiger partial charge >= 0.3 is 0 Å². The molecule has 106 valence electrons. The van der Waals surface area contributed by atoms with Crippen LogP contribution >= 0.6 is 0 Å². The van der Waals surface area contributed by atoms with Crippen LogP contribution in [0.1, 0.15) is 11.1 Å². The van der Waals surface area contributed by atoms with Gasteiger partial charge in [-0.25, -0.2) is 4.39 Å². The second kappa shape index (κ2) is 7.03. The predicted octanol–water partition coefficient (Wildman–Crippen LogP) is 2.45. The molecule has 0 amide bonds. The van der Waals surface area contributed by atoms with Crippen LogP contribution in [0.3, 0.4) is 0 Å². The fraction of sp³-hybridized carbons (Fsp3) is 0.250. The lowest BCUT2D eigenvalue weighted by Gasteiger charge is -2.17. The summed E-state index contributed by atoms with van der Waals surface area (Å²) in [7, 11) is 1.65. The summed E-state index contributed by atoms with van der Waals surface area (Å²) >= 11 is 0. The molecule has 3 nitrogen and oxygen atoms in total. The van der Waals surface area contributed by atoms with E-state index in [0.29, 0.717) is 6.42 Å². The van der Waals surface area contributed by atoms with E-state index in [1.54, 1.807) is 13.2 Å². The maximum atomic E-state index is 13.2. The molecule has 4 heteroatoms. The van der Waals surface area contributed by atoms with Gasteiger partial charge in [-0.05, 0) is 42.2 Å². The first-order valence-electron chi connectivity index (χ1n) is 6.55. The Kier molecular flexibility index (Phi) is 5.09. The molecule has 2 rings (SSSR count). The van der Waals surface area contributed by atoms with E-state index in [4.69, 9.17) is 10.6 Å². The van der Waals surface area contributed by atoms with Crippen molar-refractivity contribution in [2.75, 3.05) is 7.11 Å². The molecule has 0 spiro atoms. The molecular formula is C16H19FN2O. The fourth-order valence-electron chi connectivity index (χ4n) is 2.28. The van der Waals surface area contributed by atoms with Gasteiger partial charge in [0, 0.05) is 6.04 Å². The average Bonchev–Trinajstić information content (AvgIpc) is 2.47. The molecule has 20 heavy (non-hydrogen) atoms. The summed E-state index contributed by atoms with van der Waals surface area (Å²) in [6, 6.07) is 14.4. The topological polar surface area (TPSA) is 47.3 Å². The Hall–Kier alpha value is -1.91. The molecule has 1 atom stereocenters. The number of nitrogens with two attached hydrogens (primary N) is 1. The number of benzene rings is 2. The average molecular weight is 274 g/mol. The largest absolute Gasteiger partial charge is 0.496 e. The highest BCUT2D eigenvalue weighted by atomic mass is 19.1. The molecule has 0 saturated carbocycles. The van der Waals surface area contributed by atoms with Crippen LogP contribution in [0.4, 0.5) is 4.39 Å². The molecule has 0 fully saturated rings. The van der Waals surface area contributed by atoms with Gasteiger partial charge in [0.2, 0.25) is 0 Å². The zero-order valence-corrected chi connectivity index (χ0v) is 11.5. The van der Waals surface area contributed by atoms with Crippen LogP contribution in [0.5, 0.6) is 5.75 Å². The van der Waals surface area contributed by atoms with E-state index < -0.39 is 0 Å². The Morgan fingerprint density at radius 2 is 1.95 bits per heavy atom. The minimum Gasteiger partial charge on any atom is -0.496 e. The molecule has 0 radical (unpaired) electrons. The van der Waals surface area contributed by atoms with Crippen molar-refractivity contribution >= 4 is 0 Å². The first-order valence-corrected chi connectivity index (χ1v) is 6.55. The molecule has 0 aliphatic carbocycles. The molecular weight excluding hydrogens is 255 g/mol. The Labute approximate surface area is 118 Å². The van der Waals surface area contributed by atoms with Gasteiger partial charge < -0.3 is 4.74 Å². The number of nitrogens with one attached hydrogen (secondary N) is 1. The van der Waals surface area contributed by atoms with Crippen molar-refractivity contribution in [2.45, 2.75) is 18.9 Å². The van der Waals surface area contributed by atoms with E-state index in [2.05, 4.69) is 5.43 Å². The molecule has 0 bridgehead atoms. The van der Waals surface area contributed by atoms with E-state index in [9.17, 15) is 4.39 Å². The number of hydrogen-bond donors (Lipinski definition) is 2. The maximum absolute atomic E-state index is 13.2. The Balaban J connectivity index is 2.09. The first kappa shape index (κ1) is 14.5. The van der Waals surface area contributed by atoms with Gasteiger partial charge in [-0.3, -0.25) is 11.3 Å². The van der Waals surface area contributed by atoms with Crippen LogP contribution in [0, 0.1) is 5.82 Å². The Morgan fingerprint density at radius 1 is 1.15 bits per heavy atom. The minimum absolute atomic E-state index is 0.0214. The number of halogens is 1. The lowest BCUT2D eigenvalue weighted by molar-refractivity contribution is 0.404.